The molecular formula is C10H12BrFN2. The molecular weight excluding hydrogens is 247 g/mol. The van der Waals surface area contributed by atoms with E-state index in [1.54, 1.807) is 6.20 Å². The summed E-state index contributed by atoms with van der Waals surface area (Å²) >= 11 is 3.20. The Labute approximate surface area is 91.1 Å². The zero-order valence-electron chi connectivity index (χ0n) is 7.76. The Balaban J connectivity index is 2.22. The minimum atomic E-state index is -0.223. The van der Waals surface area contributed by atoms with Crippen LogP contribution >= 0.6 is 15.9 Å². The Morgan fingerprint density at radius 2 is 2.36 bits per heavy atom. The van der Waals surface area contributed by atoms with Gasteiger partial charge in [-0.25, -0.2) is 4.39 Å². The number of aromatic nitrogens is 1. The van der Waals surface area contributed by atoms with Crippen LogP contribution in [0, 0.1) is 5.82 Å². The van der Waals surface area contributed by atoms with E-state index in [9.17, 15) is 4.39 Å². The Morgan fingerprint density at radius 3 is 3.00 bits per heavy atom. The highest BCUT2D eigenvalue weighted by Gasteiger charge is 2.19. The van der Waals surface area contributed by atoms with Crippen molar-refractivity contribution in [3.05, 3.63) is 28.2 Å². The van der Waals surface area contributed by atoms with Gasteiger partial charge in [0.25, 0.3) is 0 Å². The maximum Gasteiger partial charge on any atom is 0.147 e. The van der Waals surface area contributed by atoms with Crippen molar-refractivity contribution in [2.24, 2.45) is 0 Å². The van der Waals surface area contributed by atoms with Crippen LogP contribution in [0.15, 0.2) is 16.7 Å². The Bertz CT molecular complexity index is 324. The van der Waals surface area contributed by atoms with E-state index in [1.165, 1.54) is 12.5 Å². The van der Waals surface area contributed by atoms with Crippen LogP contribution in [-0.2, 0) is 0 Å². The maximum absolute atomic E-state index is 13.5. The lowest BCUT2D eigenvalue weighted by atomic mass is 10.0. The van der Waals surface area contributed by atoms with Gasteiger partial charge >= 0.3 is 0 Å². The summed E-state index contributed by atoms with van der Waals surface area (Å²) in [5, 5.41) is 3.28. The molecule has 1 atom stereocenters. The van der Waals surface area contributed by atoms with Crippen molar-refractivity contribution in [3.63, 3.8) is 0 Å². The van der Waals surface area contributed by atoms with Crippen LogP contribution < -0.4 is 5.32 Å². The number of rotatable bonds is 1. The van der Waals surface area contributed by atoms with Crippen molar-refractivity contribution in [2.75, 3.05) is 6.54 Å². The lowest BCUT2D eigenvalue weighted by Gasteiger charge is -2.23. The van der Waals surface area contributed by atoms with Crippen LogP contribution in [0.2, 0.25) is 0 Å². The van der Waals surface area contributed by atoms with Gasteiger partial charge < -0.3 is 5.32 Å². The predicted octanol–water partition coefficient (Wildman–Crippen LogP) is 2.80. The first kappa shape index (κ1) is 10.1. The molecule has 0 aromatic carbocycles. The van der Waals surface area contributed by atoms with E-state index < -0.39 is 0 Å². The van der Waals surface area contributed by atoms with Gasteiger partial charge in [-0.2, -0.15) is 0 Å². The number of pyridine rings is 1. The molecule has 1 N–H and O–H groups in total. The van der Waals surface area contributed by atoms with Gasteiger partial charge in [-0.1, -0.05) is 6.42 Å². The van der Waals surface area contributed by atoms with E-state index in [-0.39, 0.29) is 11.9 Å². The molecule has 0 unspecified atom stereocenters. The molecule has 0 amide bonds. The van der Waals surface area contributed by atoms with Crippen molar-refractivity contribution in [3.8, 4) is 0 Å². The highest BCUT2D eigenvalue weighted by atomic mass is 79.9. The van der Waals surface area contributed by atoms with E-state index in [0.29, 0.717) is 10.2 Å². The second-order valence-electron chi connectivity index (χ2n) is 3.52. The molecule has 0 bridgehead atoms. The Morgan fingerprint density at radius 1 is 1.50 bits per heavy atom. The lowest BCUT2D eigenvalue weighted by Crippen LogP contribution is -2.28. The van der Waals surface area contributed by atoms with Gasteiger partial charge in [-0.15, -0.1) is 0 Å². The molecule has 0 saturated carbocycles. The van der Waals surface area contributed by atoms with Gasteiger partial charge in [0.05, 0.1) is 11.7 Å². The van der Waals surface area contributed by atoms with Crippen molar-refractivity contribution >= 4 is 15.9 Å². The molecule has 0 radical (unpaired) electrons. The summed E-state index contributed by atoms with van der Waals surface area (Å²) in [6.07, 6.45) is 4.95. The quantitative estimate of drug-likeness (QED) is 0.838. The maximum atomic E-state index is 13.5. The topological polar surface area (TPSA) is 24.9 Å². The SMILES string of the molecule is Fc1cc(Br)cnc1[C@@H]1CCCCN1. The first-order valence-electron chi connectivity index (χ1n) is 4.81. The number of halogens is 2. The molecule has 1 aliphatic rings. The smallest absolute Gasteiger partial charge is 0.147 e. The normalized spacial score (nSPS) is 22.3. The summed E-state index contributed by atoms with van der Waals surface area (Å²) in [6.45, 7) is 0.960. The van der Waals surface area contributed by atoms with Crippen LogP contribution in [0.3, 0.4) is 0 Å². The third-order valence-electron chi connectivity index (χ3n) is 2.48. The van der Waals surface area contributed by atoms with Crippen LogP contribution in [0.25, 0.3) is 0 Å². The Hall–Kier alpha value is -0.480. The fourth-order valence-electron chi connectivity index (χ4n) is 1.77. The minimum absolute atomic E-state index is 0.0943. The fourth-order valence-corrected chi connectivity index (χ4v) is 2.07. The standard InChI is InChI=1S/C10H12BrFN2/c11-7-5-8(12)10(14-6-7)9-3-1-2-4-13-9/h5-6,9,13H,1-4H2/t9-/m0/s1. The summed E-state index contributed by atoms with van der Waals surface area (Å²) in [5.74, 6) is -0.223. The molecule has 4 heteroatoms. The van der Waals surface area contributed by atoms with E-state index in [1.807, 2.05) is 0 Å². The third-order valence-corrected chi connectivity index (χ3v) is 2.91. The van der Waals surface area contributed by atoms with Crippen LogP contribution in [0.4, 0.5) is 4.39 Å². The van der Waals surface area contributed by atoms with E-state index in [0.717, 1.165) is 19.4 Å². The third kappa shape index (κ3) is 2.12. The van der Waals surface area contributed by atoms with E-state index >= 15 is 0 Å². The molecule has 1 aromatic heterocycles. The van der Waals surface area contributed by atoms with Gasteiger partial charge in [0.2, 0.25) is 0 Å². The highest BCUT2D eigenvalue weighted by molar-refractivity contribution is 9.10. The Kier molecular flexibility index (Phi) is 3.13. The number of hydrogen-bond acceptors (Lipinski definition) is 2. The molecule has 1 aliphatic heterocycles. The van der Waals surface area contributed by atoms with Crippen molar-refractivity contribution in [2.45, 2.75) is 25.3 Å². The number of nitrogens with one attached hydrogen (secondary N) is 1. The lowest BCUT2D eigenvalue weighted by molar-refractivity contribution is 0.391. The number of nitrogens with zero attached hydrogens (tertiary/aromatic N) is 1. The summed E-state index contributed by atoms with van der Waals surface area (Å²) in [6, 6.07) is 1.57. The monoisotopic (exact) mass is 258 g/mol. The average molecular weight is 259 g/mol. The van der Waals surface area contributed by atoms with E-state index in [2.05, 4.69) is 26.2 Å². The zero-order valence-corrected chi connectivity index (χ0v) is 9.35. The van der Waals surface area contributed by atoms with Crippen molar-refractivity contribution in [1.82, 2.24) is 10.3 Å². The number of piperidine rings is 1. The van der Waals surface area contributed by atoms with Crippen LogP contribution in [-0.4, -0.2) is 11.5 Å². The molecule has 1 saturated heterocycles. The fraction of sp³-hybridized carbons (Fsp3) is 0.500. The summed E-state index contributed by atoms with van der Waals surface area (Å²) in [4.78, 5) is 4.12. The number of hydrogen-bond donors (Lipinski definition) is 1. The van der Waals surface area contributed by atoms with Gasteiger partial charge in [0.1, 0.15) is 5.82 Å². The van der Waals surface area contributed by atoms with Gasteiger partial charge in [-0.3, -0.25) is 4.98 Å². The van der Waals surface area contributed by atoms with Crippen LogP contribution in [0.5, 0.6) is 0 Å². The molecule has 2 heterocycles. The average Bonchev–Trinajstić information content (AvgIpc) is 2.19. The summed E-state index contributed by atoms with van der Waals surface area (Å²) in [7, 11) is 0. The molecule has 76 valence electrons. The molecule has 1 fully saturated rings. The van der Waals surface area contributed by atoms with Crippen molar-refractivity contribution < 1.29 is 4.39 Å². The zero-order chi connectivity index (χ0) is 9.97. The first-order valence-corrected chi connectivity index (χ1v) is 5.61. The molecule has 2 nitrogen and oxygen atoms in total. The van der Waals surface area contributed by atoms with Gasteiger partial charge in [0, 0.05) is 10.7 Å². The minimum Gasteiger partial charge on any atom is -0.309 e. The second kappa shape index (κ2) is 4.36. The highest BCUT2D eigenvalue weighted by Crippen LogP contribution is 2.24. The summed E-state index contributed by atoms with van der Waals surface area (Å²) in [5.41, 5.74) is 0.549. The molecule has 0 spiro atoms. The molecule has 14 heavy (non-hydrogen) atoms. The molecule has 2 rings (SSSR count). The molecule has 1 aromatic rings. The van der Waals surface area contributed by atoms with Gasteiger partial charge in [-0.05, 0) is 41.4 Å². The van der Waals surface area contributed by atoms with E-state index in [4.69, 9.17) is 0 Å². The van der Waals surface area contributed by atoms with Crippen LogP contribution in [0.1, 0.15) is 31.0 Å². The predicted molar refractivity (Wildman–Crippen MR) is 56.5 cm³/mol. The van der Waals surface area contributed by atoms with Crippen molar-refractivity contribution in [1.29, 1.82) is 0 Å². The first-order chi connectivity index (χ1) is 6.77. The molecule has 0 aliphatic carbocycles. The van der Waals surface area contributed by atoms with Gasteiger partial charge in [0.15, 0.2) is 0 Å². The second-order valence-corrected chi connectivity index (χ2v) is 4.44. The largest absolute Gasteiger partial charge is 0.309 e. The summed E-state index contributed by atoms with van der Waals surface area (Å²) < 4.78 is 14.2.